The minimum Gasteiger partial charge on any atom is -0.355 e. The fourth-order valence-electron chi connectivity index (χ4n) is 2.43. The maximum absolute atomic E-state index is 6.00. The van der Waals surface area contributed by atoms with E-state index in [1.807, 2.05) is 48.7 Å². The van der Waals surface area contributed by atoms with Crippen molar-refractivity contribution in [2.24, 2.45) is 0 Å². The Morgan fingerprint density at radius 2 is 1.83 bits per heavy atom. The molecule has 0 atom stereocenters. The average Bonchev–Trinajstić information content (AvgIpc) is 2.55. The minimum atomic E-state index is 0.698. The molecule has 23 heavy (non-hydrogen) atoms. The van der Waals surface area contributed by atoms with Crippen molar-refractivity contribution in [1.82, 2.24) is 4.98 Å². The summed E-state index contributed by atoms with van der Waals surface area (Å²) >= 11 is 6.00. The number of aromatic nitrogens is 1. The van der Waals surface area contributed by atoms with Gasteiger partial charge in [-0.05, 0) is 42.3 Å². The second-order valence-corrected chi connectivity index (χ2v) is 5.80. The molecule has 2 aromatic carbocycles. The Bertz CT molecular complexity index is 838. The third kappa shape index (κ3) is 3.61. The molecule has 0 aliphatic rings. The third-order valence-corrected chi connectivity index (χ3v) is 3.87. The molecule has 0 saturated carbocycles. The maximum atomic E-state index is 6.00. The van der Waals surface area contributed by atoms with Gasteiger partial charge >= 0.3 is 0 Å². The van der Waals surface area contributed by atoms with Crippen LogP contribution >= 0.6 is 11.6 Å². The van der Waals surface area contributed by atoms with Crippen LogP contribution in [0.15, 0.2) is 73.4 Å². The monoisotopic (exact) mass is 320 g/mol. The Morgan fingerprint density at radius 3 is 2.52 bits per heavy atom. The Kier molecular flexibility index (Phi) is 4.45. The number of anilines is 1. The number of hydrogen-bond acceptors (Lipinski definition) is 2. The predicted molar refractivity (Wildman–Crippen MR) is 98.5 cm³/mol. The number of nitrogens with one attached hydrogen (secondary N) is 1. The Hall–Kier alpha value is -2.58. The molecule has 0 radical (unpaired) electrons. The van der Waals surface area contributed by atoms with Crippen molar-refractivity contribution in [2.75, 3.05) is 5.32 Å². The van der Waals surface area contributed by atoms with Gasteiger partial charge < -0.3 is 5.32 Å². The van der Waals surface area contributed by atoms with E-state index in [-0.39, 0.29) is 0 Å². The molecule has 0 saturated heterocycles. The van der Waals surface area contributed by atoms with Gasteiger partial charge in [0.1, 0.15) is 0 Å². The van der Waals surface area contributed by atoms with Gasteiger partial charge in [-0.1, -0.05) is 54.6 Å². The molecule has 114 valence electrons. The Balaban J connectivity index is 1.79. The fourth-order valence-corrected chi connectivity index (χ4v) is 2.62. The van der Waals surface area contributed by atoms with Crippen molar-refractivity contribution in [3.8, 4) is 11.3 Å². The number of benzene rings is 2. The van der Waals surface area contributed by atoms with E-state index in [0.29, 0.717) is 5.02 Å². The average molecular weight is 321 g/mol. The summed E-state index contributed by atoms with van der Waals surface area (Å²) in [5.41, 5.74) is 6.05. The summed E-state index contributed by atoms with van der Waals surface area (Å²) in [6.07, 6.45) is 1.82. The second-order valence-electron chi connectivity index (χ2n) is 5.36. The molecule has 3 rings (SSSR count). The van der Waals surface area contributed by atoms with E-state index in [4.69, 9.17) is 11.6 Å². The molecule has 0 aliphatic carbocycles. The summed E-state index contributed by atoms with van der Waals surface area (Å²) in [6.45, 7) is 6.17. The third-order valence-electron chi connectivity index (χ3n) is 3.64. The van der Waals surface area contributed by atoms with E-state index in [1.165, 1.54) is 0 Å². The molecule has 1 aromatic heterocycles. The van der Waals surface area contributed by atoms with E-state index in [2.05, 4.69) is 42.0 Å². The summed E-state index contributed by atoms with van der Waals surface area (Å²) in [6, 6.07) is 19.8. The van der Waals surface area contributed by atoms with Gasteiger partial charge in [0.2, 0.25) is 0 Å². The first kappa shape index (κ1) is 15.3. The molecule has 0 amide bonds. The van der Waals surface area contributed by atoms with Crippen LogP contribution in [0.5, 0.6) is 0 Å². The number of nitrogens with zero attached hydrogens (tertiary/aromatic N) is 1. The highest BCUT2D eigenvalue weighted by Gasteiger charge is 2.04. The van der Waals surface area contributed by atoms with Crippen molar-refractivity contribution >= 4 is 23.0 Å². The number of halogens is 1. The maximum Gasteiger partial charge on any atom is 0.0731 e. The van der Waals surface area contributed by atoms with Crippen molar-refractivity contribution in [2.45, 2.75) is 6.92 Å². The van der Waals surface area contributed by atoms with Crippen molar-refractivity contribution in [3.63, 3.8) is 0 Å². The zero-order chi connectivity index (χ0) is 16.2. The van der Waals surface area contributed by atoms with Crippen molar-refractivity contribution < 1.29 is 0 Å². The van der Waals surface area contributed by atoms with Crippen molar-refractivity contribution in [3.05, 3.63) is 89.6 Å². The molecule has 0 unspecified atom stereocenters. The Morgan fingerprint density at radius 1 is 1.04 bits per heavy atom. The number of hydrogen-bond donors (Lipinski definition) is 1. The summed E-state index contributed by atoms with van der Waals surface area (Å²) < 4.78 is 0. The van der Waals surface area contributed by atoms with E-state index in [0.717, 1.165) is 33.8 Å². The number of rotatable bonds is 4. The molecule has 1 heterocycles. The predicted octanol–water partition coefficient (Wildman–Crippen LogP) is 5.79. The van der Waals surface area contributed by atoms with Gasteiger partial charge in [-0.15, -0.1) is 0 Å². The quantitative estimate of drug-likeness (QED) is 0.657. The lowest BCUT2D eigenvalue weighted by molar-refractivity contribution is 1.27. The smallest absolute Gasteiger partial charge is 0.0731 e. The van der Waals surface area contributed by atoms with E-state index < -0.39 is 0 Å². The second kappa shape index (κ2) is 6.67. The first-order valence-electron chi connectivity index (χ1n) is 7.37. The van der Waals surface area contributed by atoms with Gasteiger partial charge in [-0.3, -0.25) is 4.98 Å². The van der Waals surface area contributed by atoms with Crippen LogP contribution in [0, 0.1) is 6.92 Å². The molecule has 0 spiro atoms. The number of pyridine rings is 1. The van der Waals surface area contributed by atoms with Gasteiger partial charge in [0.25, 0.3) is 0 Å². The van der Waals surface area contributed by atoms with E-state index in [1.54, 1.807) is 0 Å². The van der Waals surface area contributed by atoms with Gasteiger partial charge in [-0.25, -0.2) is 0 Å². The zero-order valence-electron chi connectivity index (χ0n) is 12.9. The topological polar surface area (TPSA) is 24.9 Å². The van der Waals surface area contributed by atoms with Gasteiger partial charge in [0.15, 0.2) is 0 Å². The lowest BCUT2D eigenvalue weighted by atomic mass is 10.0. The highest BCUT2D eigenvalue weighted by atomic mass is 35.5. The fraction of sp³-hybridized carbons (Fsp3) is 0.0500. The summed E-state index contributed by atoms with van der Waals surface area (Å²) in [7, 11) is 0. The van der Waals surface area contributed by atoms with Crippen LogP contribution in [0.4, 0.5) is 5.69 Å². The highest BCUT2D eigenvalue weighted by Crippen LogP contribution is 2.24. The van der Waals surface area contributed by atoms with Crippen LogP contribution in [0.25, 0.3) is 17.0 Å². The van der Waals surface area contributed by atoms with Crippen LogP contribution in [0.3, 0.4) is 0 Å². The van der Waals surface area contributed by atoms with Gasteiger partial charge in [0.05, 0.1) is 5.69 Å². The first-order valence-corrected chi connectivity index (χ1v) is 7.75. The van der Waals surface area contributed by atoms with Gasteiger partial charge in [0, 0.05) is 28.2 Å². The first-order chi connectivity index (χ1) is 11.1. The standard InChI is InChI=1S/C20H17ClN2/c1-14-5-4-12-22-20(14)17-10-8-16(9-11-17)15(2)23-19-7-3-6-18(21)13-19/h3-13,23H,2H2,1H3. The molecular weight excluding hydrogens is 304 g/mol. The molecule has 2 nitrogen and oxygen atoms in total. The molecular formula is C20H17ClN2. The molecule has 3 aromatic rings. The van der Waals surface area contributed by atoms with Crippen LogP contribution in [-0.4, -0.2) is 4.98 Å². The van der Waals surface area contributed by atoms with E-state index >= 15 is 0 Å². The van der Waals surface area contributed by atoms with Crippen molar-refractivity contribution in [1.29, 1.82) is 0 Å². The summed E-state index contributed by atoms with van der Waals surface area (Å²) in [5, 5.41) is 3.97. The van der Waals surface area contributed by atoms with Gasteiger partial charge in [-0.2, -0.15) is 0 Å². The lowest BCUT2D eigenvalue weighted by Crippen LogP contribution is -1.97. The largest absolute Gasteiger partial charge is 0.355 e. The van der Waals surface area contributed by atoms with Crippen LogP contribution in [0.2, 0.25) is 5.02 Å². The van der Waals surface area contributed by atoms with Crippen LogP contribution in [0.1, 0.15) is 11.1 Å². The zero-order valence-corrected chi connectivity index (χ0v) is 13.6. The Labute approximate surface area is 141 Å². The normalized spacial score (nSPS) is 10.3. The molecule has 0 aliphatic heterocycles. The number of aryl methyl sites for hydroxylation is 1. The molecule has 3 heteroatoms. The van der Waals surface area contributed by atoms with E-state index in [9.17, 15) is 0 Å². The SMILES string of the molecule is C=C(Nc1cccc(Cl)c1)c1ccc(-c2ncccc2C)cc1. The minimum absolute atomic E-state index is 0.698. The highest BCUT2D eigenvalue weighted by molar-refractivity contribution is 6.30. The summed E-state index contributed by atoms with van der Waals surface area (Å²) in [5.74, 6) is 0. The molecule has 1 N–H and O–H groups in total. The molecule has 0 fully saturated rings. The van der Waals surface area contributed by atoms with Crippen LogP contribution < -0.4 is 5.32 Å². The lowest BCUT2D eigenvalue weighted by Gasteiger charge is -2.11. The molecule has 0 bridgehead atoms. The van der Waals surface area contributed by atoms with Crippen LogP contribution in [-0.2, 0) is 0 Å². The summed E-state index contributed by atoms with van der Waals surface area (Å²) in [4.78, 5) is 4.45.